The molecule has 172 valence electrons. The predicted molar refractivity (Wildman–Crippen MR) is 128 cm³/mol. The maximum atomic E-state index is 12.6. The maximum absolute atomic E-state index is 12.6. The molecule has 0 heterocycles. The lowest BCUT2D eigenvalue weighted by Crippen LogP contribution is -2.43. The van der Waals surface area contributed by atoms with Crippen LogP contribution in [0, 0.1) is 10.8 Å². The van der Waals surface area contributed by atoms with Crippen LogP contribution in [0.4, 0.5) is 10.5 Å². The van der Waals surface area contributed by atoms with Crippen LogP contribution in [0.1, 0.15) is 52.9 Å². The van der Waals surface area contributed by atoms with Crippen molar-refractivity contribution in [2.75, 3.05) is 32.6 Å². The van der Waals surface area contributed by atoms with Gasteiger partial charge in [0.15, 0.2) is 0 Å². The second-order valence-corrected chi connectivity index (χ2v) is 9.46. The Kier molecular flexibility index (Phi) is 9.37. The molecule has 2 rings (SSSR count). The third kappa shape index (κ3) is 9.42. The molecule has 0 radical (unpaired) electrons. The summed E-state index contributed by atoms with van der Waals surface area (Å²) in [6, 6.07) is 7.59. The average molecular weight is 430 g/mol. The van der Waals surface area contributed by atoms with Gasteiger partial charge in [0.2, 0.25) is 0 Å². The monoisotopic (exact) mass is 429 g/mol. The molecule has 0 spiro atoms. The molecule has 1 aromatic carbocycles. The molecule has 7 heteroatoms. The number of ether oxygens (including phenoxy) is 1. The van der Waals surface area contributed by atoms with Gasteiger partial charge in [0.25, 0.3) is 0 Å². The molecule has 1 aromatic rings. The van der Waals surface area contributed by atoms with Gasteiger partial charge < -0.3 is 25.7 Å². The molecular formula is C24H39N5O2. The van der Waals surface area contributed by atoms with Gasteiger partial charge in [0.05, 0.1) is 0 Å². The van der Waals surface area contributed by atoms with E-state index in [9.17, 15) is 4.79 Å². The first-order valence-electron chi connectivity index (χ1n) is 11.2. The number of urea groups is 1. The minimum atomic E-state index is -0.328. The van der Waals surface area contributed by atoms with Gasteiger partial charge in [-0.1, -0.05) is 46.1 Å². The third-order valence-electron chi connectivity index (χ3n) is 5.21. The van der Waals surface area contributed by atoms with Crippen LogP contribution in [0.25, 0.3) is 0 Å². The van der Waals surface area contributed by atoms with E-state index in [2.05, 4.69) is 20.9 Å². The largest absolute Gasteiger partial charge is 0.492 e. The second kappa shape index (κ2) is 11.7. The number of nitrogens with one attached hydrogen (secondary N) is 4. The molecule has 31 heavy (non-hydrogen) atoms. The van der Waals surface area contributed by atoms with Crippen molar-refractivity contribution in [2.24, 2.45) is 5.41 Å². The Balaban J connectivity index is 2.08. The van der Waals surface area contributed by atoms with Gasteiger partial charge in [-0.15, -0.1) is 0 Å². The minimum absolute atomic E-state index is 0.213. The number of carbonyl (C=O) groups is 1. The Hall–Kier alpha value is -2.54. The van der Waals surface area contributed by atoms with Crippen molar-refractivity contribution in [2.45, 2.75) is 58.9 Å². The van der Waals surface area contributed by atoms with Crippen molar-refractivity contribution in [3.63, 3.8) is 0 Å². The standard InChI is InChI=1S/C24H39N5O2/c1-24(2,3)21(25)17-22(28-23(30)27-18-10-7-6-8-11-18)26-19-12-9-13-20(16-19)31-15-14-29(4)5/h9,12-13,16-18,25-26H,6-8,10-11,14-15H2,1-5H3,(H2,27,28,30)/b22-17+,25-21?. The van der Waals surface area contributed by atoms with E-state index in [4.69, 9.17) is 10.1 Å². The van der Waals surface area contributed by atoms with Gasteiger partial charge in [0, 0.05) is 41.5 Å². The smallest absolute Gasteiger partial charge is 0.320 e. The number of benzene rings is 1. The summed E-state index contributed by atoms with van der Waals surface area (Å²) in [5, 5.41) is 17.6. The SMILES string of the molecule is CN(C)CCOc1cccc(N/C(=C\C(=N)C(C)(C)C)NC(=O)NC2CCCCC2)c1. The van der Waals surface area contributed by atoms with E-state index in [0.717, 1.165) is 43.7 Å². The second-order valence-electron chi connectivity index (χ2n) is 9.46. The fourth-order valence-electron chi connectivity index (χ4n) is 3.22. The first-order chi connectivity index (χ1) is 14.6. The van der Waals surface area contributed by atoms with Gasteiger partial charge >= 0.3 is 6.03 Å². The van der Waals surface area contributed by atoms with E-state index >= 15 is 0 Å². The number of rotatable bonds is 9. The van der Waals surface area contributed by atoms with E-state index in [1.54, 1.807) is 6.08 Å². The molecule has 0 aromatic heterocycles. The third-order valence-corrected chi connectivity index (χ3v) is 5.21. The van der Waals surface area contributed by atoms with Crippen molar-refractivity contribution in [1.29, 1.82) is 5.41 Å². The fourth-order valence-corrected chi connectivity index (χ4v) is 3.22. The van der Waals surface area contributed by atoms with E-state index in [0.29, 0.717) is 18.1 Å². The zero-order chi connectivity index (χ0) is 22.9. The van der Waals surface area contributed by atoms with Crippen LogP contribution in [0.5, 0.6) is 5.75 Å². The van der Waals surface area contributed by atoms with Gasteiger partial charge in [-0.25, -0.2) is 4.79 Å². The summed E-state index contributed by atoms with van der Waals surface area (Å²) in [5.74, 6) is 1.22. The topological polar surface area (TPSA) is 89.5 Å². The number of likely N-dealkylation sites (N-methyl/N-ethyl adjacent to an activating group) is 1. The predicted octanol–water partition coefficient (Wildman–Crippen LogP) is 4.58. The molecule has 7 nitrogen and oxygen atoms in total. The Morgan fingerprint density at radius 3 is 2.58 bits per heavy atom. The van der Waals surface area contributed by atoms with Crippen molar-refractivity contribution < 1.29 is 9.53 Å². The number of nitrogens with zero attached hydrogens (tertiary/aromatic N) is 1. The molecule has 1 fully saturated rings. The number of amides is 2. The molecule has 4 N–H and O–H groups in total. The zero-order valence-corrected chi connectivity index (χ0v) is 19.7. The highest BCUT2D eigenvalue weighted by atomic mass is 16.5. The van der Waals surface area contributed by atoms with Crippen molar-refractivity contribution in [3.8, 4) is 5.75 Å². The van der Waals surface area contributed by atoms with Crippen LogP contribution >= 0.6 is 0 Å². The van der Waals surface area contributed by atoms with Crippen LogP contribution in [0.15, 0.2) is 36.2 Å². The molecule has 0 saturated heterocycles. The summed E-state index contributed by atoms with van der Waals surface area (Å²) in [4.78, 5) is 14.7. The van der Waals surface area contributed by atoms with E-state index in [1.165, 1.54) is 6.42 Å². The fraction of sp³-hybridized carbons (Fsp3) is 0.583. The highest BCUT2D eigenvalue weighted by Gasteiger charge is 2.19. The molecule has 1 saturated carbocycles. The van der Waals surface area contributed by atoms with Gasteiger partial charge in [0.1, 0.15) is 18.2 Å². The zero-order valence-electron chi connectivity index (χ0n) is 19.7. The van der Waals surface area contributed by atoms with Gasteiger partial charge in [-0.05, 0) is 39.1 Å². The van der Waals surface area contributed by atoms with Crippen LogP contribution in [-0.4, -0.2) is 49.9 Å². The molecule has 1 aliphatic rings. The number of carbonyl (C=O) groups excluding carboxylic acids is 1. The molecule has 0 aliphatic heterocycles. The Morgan fingerprint density at radius 1 is 1.23 bits per heavy atom. The van der Waals surface area contributed by atoms with E-state index in [-0.39, 0.29) is 17.5 Å². The van der Waals surface area contributed by atoms with E-state index < -0.39 is 0 Å². The summed E-state index contributed by atoms with van der Waals surface area (Å²) in [5.41, 5.74) is 0.880. The van der Waals surface area contributed by atoms with Crippen LogP contribution in [-0.2, 0) is 0 Å². The molecule has 1 aliphatic carbocycles. The van der Waals surface area contributed by atoms with Crippen LogP contribution in [0.3, 0.4) is 0 Å². The summed E-state index contributed by atoms with van der Waals surface area (Å²) >= 11 is 0. The highest BCUT2D eigenvalue weighted by molar-refractivity contribution is 5.97. The lowest BCUT2D eigenvalue weighted by molar-refractivity contribution is 0.235. The lowest BCUT2D eigenvalue weighted by atomic mass is 9.90. The number of hydrogen-bond donors (Lipinski definition) is 4. The number of anilines is 1. The van der Waals surface area contributed by atoms with Gasteiger partial charge in [-0.3, -0.25) is 5.32 Å². The molecular weight excluding hydrogens is 390 g/mol. The molecule has 0 atom stereocenters. The lowest BCUT2D eigenvalue weighted by Gasteiger charge is -2.24. The molecule has 2 amide bonds. The van der Waals surface area contributed by atoms with E-state index in [1.807, 2.05) is 59.1 Å². The van der Waals surface area contributed by atoms with Crippen LogP contribution < -0.4 is 20.7 Å². The Labute approximate surface area is 187 Å². The minimum Gasteiger partial charge on any atom is -0.492 e. The molecule has 0 bridgehead atoms. The number of hydrogen-bond acceptors (Lipinski definition) is 5. The highest BCUT2D eigenvalue weighted by Crippen LogP contribution is 2.21. The maximum Gasteiger partial charge on any atom is 0.320 e. The Bertz CT molecular complexity index is 761. The Morgan fingerprint density at radius 2 is 1.94 bits per heavy atom. The van der Waals surface area contributed by atoms with Crippen molar-refractivity contribution >= 4 is 17.4 Å². The summed E-state index contributed by atoms with van der Waals surface area (Å²) in [6.45, 7) is 7.35. The summed E-state index contributed by atoms with van der Waals surface area (Å²) in [7, 11) is 4.01. The average Bonchev–Trinajstić information content (AvgIpc) is 2.68. The van der Waals surface area contributed by atoms with Crippen molar-refractivity contribution in [1.82, 2.24) is 15.5 Å². The quantitative estimate of drug-likeness (QED) is 0.433. The van der Waals surface area contributed by atoms with Crippen molar-refractivity contribution in [3.05, 3.63) is 36.2 Å². The normalized spacial score (nSPS) is 15.5. The molecule has 0 unspecified atom stereocenters. The van der Waals surface area contributed by atoms with Gasteiger partial charge in [-0.2, -0.15) is 0 Å². The first kappa shape index (κ1) is 24.7. The summed E-state index contributed by atoms with van der Waals surface area (Å²) in [6.07, 6.45) is 7.26. The number of allylic oxidation sites excluding steroid dienone is 1. The first-order valence-corrected chi connectivity index (χ1v) is 11.2. The van der Waals surface area contributed by atoms with Crippen LogP contribution in [0.2, 0.25) is 0 Å². The summed E-state index contributed by atoms with van der Waals surface area (Å²) < 4.78 is 5.81.